The van der Waals surface area contributed by atoms with Crippen LogP contribution < -0.4 is 5.32 Å². The highest BCUT2D eigenvalue weighted by atomic mass is 16.3. The van der Waals surface area contributed by atoms with Crippen LogP contribution in [0.5, 0.6) is 0 Å². The largest absolute Gasteiger partial charge is 0.469 e. The van der Waals surface area contributed by atoms with E-state index in [-0.39, 0.29) is 5.91 Å². The third-order valence-corrected chi connectivity index (χ3v) is 3.32. The maximum Gasteiger partial charge on any atom is 0.259 e. The SMILES string of the molecule is Cc1occc1C(=O)Nc1ccnc2c(C)cccc12. The molecule has 20 heavy (non-hydrogen) atoms. The molecule has 1 N–H and O–H groups in total. The summed E-state index contributed by atoms with van der Waals surface area (Å²) in [6.07, 6.45) is 3.21. The molecule has 0 unspecified atom stereocenters. The highest BCUT2D eigenvalue weighted by Crippen LogP contribution is 2.24. The molecule has 2 aromatic heterocycles. The first-order valence-corrected chi connectivity index (χ1v) is 6.36. The fourth-order valence-corrected chi connectivity index (χ4v) is 2.24. The lowest BCUT2D eigenvalue weighted by molar-refractivity contribution is 0.102. The molecule has 0 saturated carbocycles. The number of anilines is 1. The lowest BCUT2D eigenvalue weighted by Crippen LogP contribution is -2.12. The van der Waals surface area contributed by atoms with Crippen molar-refractivity contribution in [2.75, 3.05) is 5.32 Å². The number of benzene rings is 1. The Balaban J connectivity index is 2.02. The number of hydrogen-bond donors (Lipinski definition) is 1. The number of aryl methyl sites for hydroxylation is 2. The molecule has 0 bridgehead atoms. The number of hydrogen-bond acceptors (Lipinski definition) is 3. The summed E-state index contributed by atoms with van der Waals surface area (Å²) in [5.41, 5.74) is 3.28. The molecule has 100 valence electrons. The molecule has 0 aliphatic rings. The van der Waals surface area contributed by atoms with E-state index < -0.39 is 0 Å². The summed E-state index contributed by atoms with van der Waals surface area (Å²) in [7, 11) is 0. The number of carbonyl (C=O) groups excluding carboxylic acids is 1. The average Bonchev–Trinajstić information content (AvgIpc) is 2.86. The van der Waals surface area contributed by atoms with Crippen LogP contribution in [0.15, 0.2) is 47.2 Å². The van der Waals surface area contributed by atoms with Gasteiger partial charge in [0.25, 0.3) is 5.91 Å². The van der Waals surface area contributed by atoms with E-state index in [1.165, 1.54) is 6.26 Å². The van der Waals surface area contributed by atoms with Crippen LogP contribution in [0.2, 0.25) is 0 Å². The number of rotatable bonds is 2. The second kappa shape index (κ2) is 4.81. The predicted molar refractivity (Wildman–Crippen MR) is 77.9 cm³/mol. The normalized spacial score (nSPS) is 10.7. The Hall–Kier alpha value is -2.62. The molecule has 0 aliphatic carbocycles. The summed E-state index contributed by atoms with van der Waals surface area (Å²) < 4.78 is 5.16. The van der Waals surface area contributed by atoms with Gasteiger partial charge in [0.05, 0.1) is 23.0 Å². The Morgan fingerprint density at radius 1 is 1.20 bits per heavy atom. The minimum atomic E-state index is -0.176. The summed E-state index contributed by atoms with van der Waals surface area (Å²) in [5, 5.41) is 3.85. The van der Waals surface area contributed by atoms with E-state index in [4.69, 9.17) is 4.42 Å². The van der Waals surface area contributed by atoms with Gasteiger partial charge in [-0.3, -0.25) is 9.78 Å². The molecule has 0 aliphatic heterocycles. The van der Waals surface area contributed by atoms with Gasteiger partial charge in [-0.2, -0.15) is 0 Å². The first-order valence-electron chi connectivity index (χ1n) is 6.36. The smallest absolute Gasteiger partial charge is 0.259 e. The number of nitrogens with one attached hydrogen (secondary N) is 1. The van der Waals surface area contributed by atoms with Gasteiger partial charge in [0.1, 0.15) is 5.76 Å². The van der Waals surface area contributed by atoms with Crippen LogP contribution in [0.3, 0.4) is 0 Å². The van der Waals surface area contributed by atoms with Crippen molar-refractivity contribution in [3.05, 3.63) is 59.7 Å². The maximum atomic E-state index is 12.2. The number of fused-ring (bicyclic) bond motifs is 1. The maximum absolute atomic E-state index is 12.2. The summed E-state index contributed by atoms with van der Waals surface area (Å²) in [6.45, 7) is 3.77. The summed E-state index contributed by atoms with van der Waals surface area (Å²) in [4.78, 5) is 16.6. The summed E-state index contributed by atoms with van der Waals surface area (Å²) >= 11 is 0. The Morgan fingerprint density at radius 3 is 2.80 bits per heavy atom. The molecule has 0 atom stereocenters. The van der Waals surface area contributed by atoms with E-state index in [0.717, 1.165) is 22.2 Å². The molecule has 0 saturated heterocycles. The minimum absolute atomic E-state index is 0.176. The van der Waals surface area contributed by atoms with Gasteiger partial charge in [0.15, 0.2) is 0 Å². The van der Waals surface area contributed by atoms with E-state index in [0.29, 0.717) is 11.3 Å². The van der Waals surface area contributed by atoms with E-state index >= 15 is 0 Å². The monoisotopic (exact) mass is 266 g/mol. The fraction of sp³-hybridized carbons (Fsp3) is 0.125. The Morgan fingerprint density at radius 2 is 2.05 bits per heavy atom. The Labute approximate surface area is 116 Å². The molecule has 2 heterocycles. The van der Waals surface area contributed by atoms with E-state index in [9.17, 15) is 4.79 Å². The molecular formula is C16H14N2O2. The highest BCUT2D eigenvalue weighted by Gasteiger charge is 2.13. The average molecular weight is 266 g/mol. The molecule has 4 nitrogen and oxygen atoms in total. The molecule has 1 aromatic carbocycles. The lowest BCUT2D eigenvalue weighted by Gasteiger charge is -2.09. The van der Waals surface area contributed by atoms with Crippen LogP contribution in [-0.2, 0) is 0 Å². The zero-order chi connectivity index (χ0) is 14.1. The molecular weight excluding hydrogens is 252 g/mol. The molecule has 3 rings (SSSR count). The van der Waals surface area contributed by atoms with Crippen molar-refractivity contribution >= 4 is 22.5 Å². The number of nitrogens with zero attached hydrogens (tertiary/aromatic N) is 1. The van der Waals surface area contributed by atoms with E-state index in [2.05, 4.69) is 10.3 Å². The van der Waals surface area contributed by atoms with Crippen LogP contribution in [0.4, 0.5) is 5.69 Å². The van der Waals surface area contributed by atoms with E-state index in [1.54, 1.807) is 25.3 Å². The standard InChI is InChI=1S/C16H14N2O2/c1-10-4-3-5-13-14(6-8-17-15(10)13)18-16(19)12-7-9-20-11(12)2/h3-9H,1-2H3,(H,17,18,19). The summed E-state index contributed by atoms with van der Waals surface area (Å²) in [6, 6.07) is 9.38. The van der Waals surface area contributed by atoms with Crippen molar-refractivity contribution in [2.24, 2.45) is 0 Å². The third kappa shape index (κ3) is 2.05. The van der Waals surface area contributed by atoms with Gasteiger partial charge >= 0.3 is 0 Å². The predicted octanol–water partition coefficient (Wildman–Crippen LogP) is 3.70. The number of para-hydroxylation sites is 1. The first-order chi connectivity index (χ1) is 9.66. The second-order valence-electron chi connectivity index (χ2n) is 4.67. The van der Waals surface area contributed by atoms with Crippen molar-refractivity contribution in [2.45, 2.75) is 13.8 Å². The van der Waals surface area contributed by atoms with Crippen molar-refractivity contribution in [3.8, 4) is 0 Å². The van der Waals surface area contributed by atoms with Crippen LogP contribution in [0, 0.1) is 13.8 Å². The third-order valence-electron chi connectivity index (χ3n) is 3.32. The summed E-state index contributed by atoms with van der Waals surface area (Å²) in [5.74, 6) is 0.433. The second-order valence-corrected chi connectivity index (χ2v) is 4.67. The Kier molecular flexibility index (Phi) is 2.99. The van der Waals surface area contributed by atoms with Gasteiger partial charge < -0.3 is 9.73 Å². The molecule has 3 aromatic rings. The molecule has 0 fully saturated rings. The molecule has 0 spiro atoms. The number of pyridine rings is 1. The van der Waals surface area contributed by atoms with Crippen molar-refractivity contribution in [3.63, 3.8) is 0 Å². The fourth-order valence-electron chi connectivity index (χ4n) is 2.24. The zero-order valence-electron chi connectivity index (χ0n) is 11.3. The number of furan rings is 1. The number of amides is 1. The molecule has 0 radical (unpaired) electrons. The quantitative estimate of drug-likeness (QED) is 0.769. The minimum Gasteiger partial charge on any atom is -0.469 e. The van der Waals surface area contributed by atoms with Gasteiger partial charge in [-0.15, -0.1) is 0 Å². The lowest BCUT2D eigenvalue weighted by atomic mass is 10.1. The van der Waals surface area contributed by atoms with E-state index in [1.807, 2.05) is 25.1 Å². The first kappa shape index (κ1) is 12.4. The topological polar surface area (TPSA) is 55.1 Å². The van der Waals surface area contributed by atoms with Crippen molar-refractivity contribution < 1.29 is 9.21 Å². The van der Waals surface area contributed by atoms with Crippen LogP contribution in [0.25, 0.3) is 10.9 Å². The van der Waals surface area contributed by atoms with Crippen LogP contribution in [-0.4, -0.2) is 10.9 Å². The van der Waals surface area contributed by atoms with Crippen molar-refractivity contribution in [1.82, 2.24) is 4.98 Å². The van der Waals surface area contributed by atoms with Gasteiger partial charge in [-0.1, -0.05) is 18.2 Å². The molecule has 1 amide bonds. The van der Waals surface area contributed by atoms with Gasteiger partial charge in [-0.05, 0) is 31.5 Å². The number of carbonyl (C=O) groups is 1. The van der Waals surface area contributed by atoms with Crippen molar-refractivity contribution in [1.29, 1.82) is 0 Å². The molecule has 4 heteroatoms. The number of aromatic nitrogens is 1. The van der Waals surface area contributed by atoms with Crippen LogP contribution in [0.1, 0.15) is 21.7 Å². The van der Waals surface area contributed by atoms with Gasteiger partial charge in [-0.25, -0.2) is 0 Å². The van der Waals surface area contributed by atoms with Gasteiger partial charge in [0, 0.05) is 11.6 Å². The highest BCUT2D eigenvalue weighted by molar-refractivity contribution is 6.09. The zero-order valence-corrected chi connectivity index (χ0v) is 11.3. The Bertz CT molecular complexity index is 790. The van der Waals surface area contributed by atoms with Gasteiger partial charge in [0.2, 0.25) is 0 Å². The van der Waals surface area contributed by atoms with Crippen LogP contribution >= 0.6 is 0 Å².